The minimum Gasteiger partial charge on any atom is -0.348 e. The van der Waals surface area contributed by atoms with Crippen molar-refractivity contribution in [1.29, 1.82) is 0 Å². The van der Waals surface area contributed by atoms with Crippen molar-refractivity contribution >= 4 is 5.91 Å². The molecule has 1 amide bonds. The first kappa shape index (κ1) is 11.0. The molecule has 1 fully saturated rings. The SMILES string of the molecule is O=C(NC1CCCCC1)c1cccc(F)n1. The minimum absolute atomic E-state index is 0.158. The molecule has 0 atom stereocenters. The van der Waals surface area contributed by atoms with Crippen LogP contribution in [-0.4, -0.2) is 16.9 Å². The van der Waals surface area contributed by atoms with Gasteiger partial charge in [-0.1, -0.05) is 25.3 Å². The van der Waals surface area contributed by atoms with E-state index in [4.69, 9.17) is 0 Å². The molecule has 4 heteroatoms. The summed E-state index contributed by atoms with van der Waals surface area (Å²) in [6.45, 7) is 0. The van der Waals surface area contributed by atoms with E-state index in [1.807, 2.05) is 0 Å². The molecule has 3 nitrogen and oxygen atoms in total. The Hall–Kier alpha value is -1.45. The molecule has 0 bridgehead atoms. The number of hydrogen-bond donors (Lipinski definition) is 1. The van der Waals surface area contributed by atoms with E-state index in [0.717, 1.165) is 25.7 Å². The molecule has 1 aliphatic rings. The van der Waals surface area contributed by atoms with Gasteiger partial charge in [-0.2, -0.15) is 4.39 Å². The molecule has 0 spiro atoms. The topological polar surface area (TPSA) is 42.0 Å². The van der Waals surface area contributed by atoms with Gasteiger partial charge in [0.2, 0.25) is 5.95 Å². The molecule has 1 saturated carbocycles. The van der Waals surface area contributed by atoms with Crippen molar-refractivity contribution in [3.8, 4) is 0 Å². The normalized spacial score (nSPS) is 17.1. The second-order valence-corrected chi connectivity index (χ2v) is 4.15. The predicted molar refractivity (Wildman–Crippen MR) is 58.5 cm³/mol. The Morgan fingerprint density at radius 1 is 1.31 bits per heavy atom. The molecule has 0 radical (unpaired) electrons. The van der Waals surface area contributed by atoms with Crippen LogP contribution < -0.4 is 5.32 Å². The average Bonchev–Trinajstić information content (AvgIpc) is 2.30. The summed E-state index contributed by atoms with van der Waals surface area (Å²) in [5, 5.41) is 2.89. The Bertz CT molecular complexity index is 375. The molecule has 16 heavy (non-hydrogen) atoms. The smallest absolute Gasteiger partial charge is 0.270 e. The lowest BCUT2D eigenvalue weighted by atomic mass is 9.95. The van der Waals surface area contributed by atoms with Crippen LogP contribution in [0, 0.1) is 5.95 Å². The quantitative estimate of drug-likeness (QED) is 0.780. The summed E-state index contributed by atoms with van der Waals surface area (Å²) in [5.74, 6) is -0.886. The minimum atomic E-state index is -0.615. The summed E-state index contributed by atoms with van der Waals surface area (Å²) < 4.78 is 12.8. The predicted octanol–water partition coefficient (Wildman–Crippen LogP) is 2.28. The van der Waals surface area contributed by atoms with Gasteiger partial charge in [-0.3, -0.25) is 4.79 Å². The maximum absolute atomic E-state index is 12.8. The van der Waals surface area contributed by atoms with Crippen molar-refractivity contribution in [2.24, 2.45) is 0 Å². The molecule has 0 saturated heterocycles. The zero-order chi connectivity index (χ0) is 11.4. The fourth-order valence-corrected chi connectivity index (χ4v) is 2.04. The molecule has 0 aliphatic heterocycles. The van der Waals surface area contributed by atoms with Crippen LogP contribution in [0.1, 0.15) is 42.6 Å². The van der Waals surface area contributed by atoms with Crippen LogP contribution >= 0.6 is 0 Å². The Labute approximate surface area is 94.1 Å². The van der Waals surface area contributed by atoms with E-state index in [1.165, 1.54) is 24.6 Å². The van der Waals surface area contributed by atoms with Crippen LogP contribution in [0.25, 0.3) is 0 Å². The van der Waals surface area contributed by atoms with E-state index in [9.17, 15) is 9.18 Å². The summed E-state index contributed by atoms with van der Waals surface area (Å²) in [5.41, 5.74) is 0.158. The third kappa shape index (κ3) is 2.78. The first-order chi connectivity index (χ1) is 7.75. The van der Waals surface area contributed by atoms with E-state index < -0.39 is 5.95 Å². The van der Waals surface area contributed by atoms with E-state index >= 15 is 0 Å². The molecule has 1 heterocycles. The second-order valence-electron chi connectivity index (χ2n) is 4.15. The van der Waals surface area contributed by atoms with Gasteiger partial charge in [0.25, 0.3) is 5.91 Å². The zero-order valence-electron chi connectivity index (χ0n) is 9.08. The Morgan fingerprint density at radius 3 is 2.75 bits per heavy atom. The van der Waals surface area contributed by atoms with Crippen LogP contribution in [0.5, 0.6) is 0 Å². The highest BCUT2D eigenvalue weighted by Gasteiger charge is 2.17. The molecule has 2 rings (SSSR count). The van der Waals surface area contributed by atoms with Crippen molar-refractivity contribution in [2.45, 2.75) is 38.1 Å². The monoisotopic (exact) mass is 222 g/mol. The number of pyridine rings is 1. The fraction of sp³-hybridized carbons (Fsp3) is 0.500. The lowest BCUT2D eigenvalue weighted by Gasteiger charge is -2.22. The van der Waals surface area contributed by atoms with Crippen molar-refractivity contribution in [3.63, 3.8) is 0 Å². The number of carbonyl (C=O) groups excluding carboxylic acids is 1. The third-order valence-corrected chi connectivity index (χ3v) is 2.89. The van der Waals surface area contributed by atoms with Gasteiger partial charge in [-0.15, -0.1) is 0 Å². The fourth-order valence-electron chi connectivity index (χ4n) is 2.04. The maximum atomic E-state index is 12.8. The molecule has 1 N–H and O–H groups in total. The summed E-state index contributed by atoms with van der Waals surface area (Å²) in [4.78, 5) is 15.3. The molecular weight excluding hydrogens is 207 g/mol. The first-order valence-electron chi connectivity index (χ1n) is 5.69. The highest BCUT2D eigenvalue weighted by Crippen LogP contribution is 2.17. The summed E-state index contributed by atoms with van der Waals surface area (Å²) in [7, 11) is 0. The largest absolute Gasteiger partial charge is 0.348 e. The number of halogens is 1. The van der Waals surface area contributed by atoms with Crippen molar-refractivity contribution in [1.82, 2.24) is 10.3 Å². The molecule has 1 aliphatic carbocycles. The van der Waals surface area contributed by atoms with Gasteiger partial charge in [0.1, 0.15) is 5.69 Å². The Balaban J connectivity index is 1.97. The molecule has 0 unspecified atom stereocenters. The van der Waals surface area contributed by atoms with E-state index in [0.29, 0.717) is 0 Å². The Morgan fingerprint density at radius 2 is 2.06 bits per heavy atom. The molecule has 1 aromatic heterocycles. The number of amides is 1. The van der Waals surface area contributed by atoms with E-state index in [2.05, 4.69) is 10.3 Å². The number of nitrogens with zero attached hydrogens (tertiary/aromatic N) is 1. The molecule has 86 valence electrons. The van der Waals surface area contributed by atoms with Crippen molar-refractivity contribution < 1.29 is 9.18 Å². The van der Waals surface area contributed by atoms with Gasteiger partial charge in [-0.05, 0) is 25.0 Å². The van der Waals surface area contributed by atoms with Crippen LogP contribution in [-0.2, 0) is 0 Å². The van der Waals surface area contributed by atoms with Gasteiger partial charge < -0.3 is 5.32 Å². The maximum Gasteiger partial charge on any atom is 0.270 e. The number of rotatable bonds is 2. The van der Waals surface area contributed by atoms with Gasteiger partial charge >= 0.3 is 0 Å². The zero-order valence-corrected chi connectivity index (χ0v) is 9.08. The summed E-state index contributed by atoms with van der Waals surface area (Å²) >= 11 is 0. The standard InChI is InChI=1S/C12H15FN2O/c13-11-8-4-7-10(15-11)12(16)14-9-5-2-1-3-6-9/h4,7-9H,1-3,5-6H2,(H,14,16). The lowest BCUT2D eigenvalue weighted by Crippen LogP contribution is -2.36. The van der Waals surface area contributed by atoms with Crippen LogP contribution in [0.3, 0.4) is 0 Å². The highest BCUT2D eigenvalue weighted by molar-refractivity contribution is 5.92. The van der Waals surface area contributed by atoms with Gasteiger partial charge in [0.15, 0.2) is 0 Å². The van der Waals surface area contributed by atoms with Crippen molar-refractivity contribution in [3.05, 3.63) is 29.8 Å². The van der Waals surface area contributed by atoms with Gasteiger partial charge in [-0.25, -0.2) is 4.98 Å². The lowest BCUT2D eigenvalue weighted by molar-refractivity contribution is 0.0921. The number of nitrogens with one attached hydrogen (secondary N) is 1. The van der Waals surface area contributed by atoms with Crippen molar-refractivity contribution in [2.75, 3.05) is 0 Å². The van der Waals surface area contributed by atoms with Crippen LogP contribution in [0.2, 0.25) is 0 Å². The summed E-state index contributed by atoms with van der Waals surface area (Å²) in [6, 6.07) is 4.49. The molecule has 0 aromatic carbocycles. The van der Waals surface area contributed by atoms with Crippen LogP contribution in [0.15, 0.2) is 18.2 Å². The van der Waals surface area contributed by atoms with Gasteiger partial charge in [0, 0.05) is 6.04 Å². The van der Waals surface area contributed by atoms with Crippen LogP contribution in [0.4, 0.5) is 4.39 Å². The molecule has 1 aromatic rings. The van der Waals surface area contributed by atoms with E-state index in [-0.39, 0.29) is 17.6 Å². The number of hydrogen-bond acceptors (Lipinski definition) is 2. The molecular formula is C12H15FN2O. The van der Waals surface area contributed by atoms with Gasteiger partial charge in [0.05, 0.1) is 0 Å². The third-order valence-electron chi connectivity index (χ3n) is 2.89. The Kier molecular flexibility index (Phi) is 3.49. The summed E-state index contributed by atoms with van der Waals surface area (Å²) in [6.07, 6.45) is 5.58. The van der Waals surface area contributed by atoms with E-state index in [1.54, 1.807) is 0 Å². The number of carbonyl (C=O) groups is 1. The average molecular weight is 222 g/mol. The highest BCUT2D eigenvalue weighted by atomic mass is 19.1. The second kappa shape index (κ2) is 5.05. The first-order valence-corrected chi connectivity index (χ1v) is 5.69. The number of aromatic nitrogens is 1.